The summed E-state index contributed by atoms with van der Waals surface area (Å²) in [6.45, 7) is 5.56. The minimum atomic E-state index is -0.949. The van der Waals surface area contributed by atoms with E-state index in [9.17, 15) is 14.4 Å². The number of fused-ring (bicyclic) bond motifs is 1. The topological polar surface area (TPSA) is 79.4 Å². The molecule has 146 valence electrons. The van der Waals surface area contributed by atoms with Crippen LogP contribution in [-0.4, -0.2) is 33.6 Å². The van der Waals surface area contributed by atoms with Gasteiger partial charge in [-0.05, 0) is 44.5 Å². The van der Waals surface area contributed by atoms with E-state index in [2.05, 4.69) is 16.4 Å². The van der Waals surface area contributed by atoms with E-state index in [1.807, 2.05) is 31.4 Å². The van der Waals surface area contributed by atoms with Crippen LogP contribution >= 0.6 is 11.3 Å². The highest BCUT2D eigenvalue weighted by Crippen LogP contribution is 2.29. The van der Waals surface area contributed by atoms with Crippen LogP contribution in [0.1, 0.15) is 38.8 Å². The molecule has 2 heterocycles. The number of nitrogens with one attached hydrogen (secondary N) is 1. The Balaban J connectivity index is 1.52. The quantitative estimate of drug-likeness (QED) is 0.664. The fraction of sp³-hybridized carbons (Fsp3) is 0.182. The minimum Gasteiger partial charge on any atom is -0.300 e. The van der Waals surface area contributed by atoms with Gasteiger partial charge in [0.05, 0.1) is 16.8 Å². The molecule has 0 aliphatic carbocycles. The van der Waals surface area contributed by atoms with Crippen LogP contribution in [0.3, 0.4) is 0 Å². The molecule has 1 atom stereocenters. The van der Waals surface area contributed by atoms with E-state index in [-0.39, 0.29) is 0 Å². The molecular formula is C22H19N3O3S. The number of carbonyl (C=O) groups is 3. The van der Waals surface area contributed by atoms with Crippen molar-refractivity contribution in [2.45, 2.75) is 26.8 Å². The first-order valence-electron chi connectivity index (χ1n) is 9.17. The maximum absolute atomic E-state index is 12.7. The number of aryl methyl sites for hydroxylation is 2. The van der Waals surface area contributed by atoms with Gasteiger partial charge in [0.15, 0.2) is 5.13 Å². The molecule has 3 aromatic rings. The van der Waals surface area contributed by atoms with Gasteiger partial charge in [-0.3, -0.25) is 19.3 Å². The number of hydrogen-bond acceptors (Lipinski definition) is 5. The fourth-order valence-electron chi connectivity index (χ4n) is 3.35. The van der Waals surface area contributed by atoms with Crippen LogP contribution in [0.4, 0.5) is 5.13 Å². The summed E-state index contributed by atoms with van der Waals surface area (Å²) in [4.78, 5) is 43.4. The number of benzene rings is 2. The predicted molar refractivity (Wildman–Crippen MR) is 112 cm³/mol. The van der Waals surface area contributed by atoms with Crippen molar-refractivity contribution in [3.63, 3.8) is 0 Å². The average Bonchev–Trinajstić information content (AvgIpc) is 3.26. The molecule has 29 heavy (non-hydrogen) atoms. The number of aromatic nitrogens is 1. The maximum atomic E-state index is 12.7. The summed E-state index contributed by atoms with van der Waals surface area (Å²) >= 11 is 1.30. The average molecular weight is 405 g/mol. The van der Waals surface area contributed by atoms with Crippen LogP contribution in [0.15, 0.2) is 47.8 Å². The number of rotatable bonds is 4. The van der Waals surface area contributed by atoms with Gasteiger partial charge in [-0.25, -0.2) is 4.98 Å². The normalized spacial score (nSPS) is 14.1. The van der Waals surface area contributed by atoms with Crippen molar-refractivity contribution >= 4 is 34.2 Å². The smallest absolute Gasteiger partial charge is 0.262 e. The first-order chi connectivity index (χ1) is 13.9. The highest BCUT2D eigenvalue weighted by molar-refractivity contribution is 7.14. The maximum Gasteiger partial charge on any atom is 0.262 e. The van der Waals surface area contributed by atoms with Crippen LogP contribution in [-0.2, 0) is 4.79 Å². The van der Waals surface area contributed by atoms with Gasteiger partial charge in [0, 0.05) is 10.9 Å². The molecule has 4 rings (SSSR count). The second kappa shape index (κ2) is 7.25. The van der Waals surface area contributed by atoms with Gasteiger partial charge in [-0.1, -0.05) is 29.8 Å². The van der Waals surface area contributed by atoms with E-state index in [1.54, 1.807) is 24.3 Å². The van der Waals surface area contributed by atoms with E-state index >= 15 is 0 Å². The summed E-state index contributed by atoms with van der Waals surface area (Å²) in [6, 6.07) is 11.8. The first kappa shape index (κ1) is 19.0. The number of anilines is 1. The second-order valence-corrected chi connectivity index (χ2v) is 7.91. The fourth-order valence-corrected chi connectivity index (χ4v) is 4.07. The molecule has 6 nitrogen and oxygen atoms in total. The third-order valence-electron chi connectivity index (χ3n) is 5.00. The molecule has 1 aliphatic heterocycles. The largest absolute Gasteiger partial charge is 0.300 e. The summed E-state index contributed by atoms with van der Waals surface area (Å²) in [5, 5.41) is 5.04. The van der Waals surface area contributed by atoms with E-state index in [1.165, 1.54) is 18.3 Å². The van der Waals surface area contributed by atoms with Gasteiger partial charge in [-0.15, -0.1) is 11.3 Å². The second-order valence-electron chi connectivity index (χ2n) is 7.05. The molecule has 1 N–H and O–H groups in total. The zero-order valence-corrected chi connectivity index (χ0v) is 17.0. The SMILES string of the molecule is Cc1ccc(C)c(-c2csc(NC(=O)[C@H](C)N3C(=O)c4ccccc4C3=O)n2)c1. The number of thiazole rings is 1. The molecule has 0 spiro atoms. The summed E-state index contributed by atoms with van der Waals surface area (Å²) in [6.07, 6.45) is 0. The Morgan fingerprint density at radius 3 is 2.34 bits per heavy atom. The van der Waals surface area contributed by atoms with Gasteiger partial charge in [0.25, 0.3) is 11.8 Å². The summed E-state index contributed by atoms with van der Waals surface area (Å²) < 4.78 is 0. The van der Waals surface area contributed by atoms with Crippen molar-refractivity contribution in [1.29, 1.82) is 0 Å². The Labute approximate surface area is 172 Å². The number of amides is 3. The molecular weight excluding hydrogens is 386 g/mol. The van der Waals surface area contributed by atoms with E-state index in [0.717, 1.165) is 27.3 Å². The molecule has 1 aromatic heterocycles. The third-order valence-corrected chi connectivity index (χ3v) is 5.75. The van der Waals surface area contributed by atoms with Crippen molar-refractivity contribution < 1.29 is 14.4 Å². The number of carbonyl (C=O) groups excluding carboxylic acids is 3. The van der Waals surface area contributed by atoms with Gasteiger partial charge in [0.1, 0.15) is 6.04 Å². The van der Waals surface area contributed by atoms with Gasteiger partial charge >= 0.3 is 0 Å². The van der Waals surface area contributed by atoms with Crippen molar-refractivity contribution in [2.75, 3.05) is 5.32 Å². The molecule has 0 fully saturated rings. The molecule has 0 saturated carbocycles. The van der Waals surface area contributed by atoms with Gasteiger partial charge < -0.3 is 5.32 Å². The van der Waals surface area contributed by atoms with E-state index < -0.39 is 23.8 Å². The van der Waals surface area contributed by atoms with E-state index in [0.29, 0.717) is 16.3 Å². The van der Waals surface area contributed by atoms with Gasteiger partial charge in [0.2, 0.25) is 5.91 Å². The number of imide groups is 1. The molecule has 2 aromatic carbocycles. The molecule has 0 saturated heterocycles. The number of hydrogen-bond donors (Lipinski definition) is 1. The number of nitrogens with zero attached hydrogens (tertiary/aromatic N) is 2. The third kappa shape index (κ3) is 3.34. The highest BCUT2D eigenvalue weighted by Gasteiger charge is 2.40. The molecule has 1 aliphatic rings. The summed E-state index contributed by atoms with van der Waals surface area (Å²) in [5.41, 5.74) is 4.66. The molecule has 3 amide bonds. The van der Waals surface area contributed by atoms with Crippen LogP contribution in [0, 0.1) is 13.8 Å². The van der Waals surface area contributed by atoms with Crippen LogP contribution in [0.2, 0.25) is 0 Å². The Hall–Kier alpha value is -3.32. The molecule has 0 unspecified atom stereocenters. The van der Waals surface area contributed by atoms with Crippen LogP contribution < -0.4 is 5.32 Å². The minimum absolute atomic E-state index is 0.323. The zero-order chi connectivity index (χ0) is 20.7. The standard InChI is InChI=1S/C22H19N3O3S/c1-12-8-9-13(2)17(10-12)18-11-29-22(23-18)24-19(26)14(3)25-20(27)15-6-4-5-7-16(15)21(25)28/h4-11,14H,1-3H3,(H,23,24,26)/t14-/m0/s1. The lowest BCUT2D eigenvalue weighted by molar-refractivity contribution is -0.119. The zero-order valence-electron chi connectivity index (χ0n) is 16.2. The lowest BCUT2D eigenvalue weighted by atomic mass is 10.0. The Bertz CT molecular complexity index is 1120. The van der Waals surface area contributed by atoms with Crippen molar-refractivity contribution in [3.05, 3.63) is 70.1 Å². The lowest BCUT2D eigenvalue weighted by Gasteiger charge is -2.21. The highest BCUT2D eigenvalue weighted by atomic mass is 32.1. The molecule has 7 heteroatoms. The Morgan fingerprint density at radius 2 is 1.69 bits per heavy atom. The van der Waals surface area contributed by atoms with Crippen LogP contribution in [0.25, 0.3) is 11.3 Å². The molecule has 0 radical (unpaired) electrons. The Morgan fingerprint density at radius 1 is 1.03 bits per heavy atom. The molecule has 0 bridgehead atoms. The van der Waals surface area contributed by atoms with Crippen LogP contribution in [0.5, 0.6) is 0 Å². The predicted octanol–water partition coefficient (Wildman–Crippen LogP) is 4.05. The van der Waals surface area contributed by atoms with E-state index in [4.69, 9.17) is 0 Å². The monoisotopic (exact) mass is 405 g/mol. The first-order valence-corrected chi connectivity index (χ1v) is 10.1. The van der Waals surface area contributed by atoms with Crippen molar-refractivity contribution in [1.82, 2.24) is 9.88 Å². The van der Waals surface area contributed by atoms with Crippen molar-refractivity contribution in [3.8, 4) is 11.3 Å². The van der Waals surface area contributed by atoms with Crippen molar-refractivity contribution in [2.24, 2.45) is 0 Å². The lowest BCUT2D eigenvalue weighted by Crippen LogP contribution is -2.45. The Kier molecular flexibility index (Phi) is 4.76. The summed E-state index contributed by atoms with van der Waals surface area (Å²) in [5.74, 6) is -1.37. The summed E-state index contributed by atoms with van der Waals surface area (Å²) in [7, 11) is 0. The van der Waals surface area contributed by atoms with Gasteiger partial charge in [-0.2, -0.15) is 0 Å².